The maximum absolute atomic E-state index is 5.93. The van der Waals surface area contributed by atoms with Crippen LogP contribution in [0.4, 0.5) is 5.69 Å². The Morgan fingerprint density at radius 2 is 2.06 bits per heavy atom. The summed E-state index contributed by atoms with van der Waals surface area (Å²) in [5.74, 6) is 0. The third-order valence-corrected chi connectivity index (χ3v) is 3.50. The third kappa shape index (κ3) is 4.84. The zero-order chi connectivity index (χ0) is 12.6. The van der Waals surface area contributed by atoms with Gasteiger partial charge in [0.1, 0.15) is 0 Å². The molecule has 0 unspecified atom stereocenters. The minimum atomic E-state index is 0.792. The van der Waals surface area contributed by atoms with Gasteiger partial charge in [-0.25, -0.2) is 0 Å². The summed E-state index contributed by atoms with van der Waals surface area (Å²) in [6.45, 7) is 6.91. The van der Waals surface area contributed by atoms with Crippen molar-refractivity contribution in [3.05, 3.63) is 29.3 Å². The predicted molar refractivity (Wildman–Crippen MR) is 78.5 cm³/mol. The Morgan fingerprint density at radius 1 is 1.22 bits per heavy atom. The number of unbranched alkanes of at least 4 members (excludes halogenated alkanes) is 1. The molecule has 0 atom stereocenters. The first-order valence-corrected chi connectivity index (χ1v) is 7.15. The normalized spacial score (nSPS) is 16.7. The summed E-state index contributed by atoms with van der Waals surface area (Å²) in [4.78, 5) is 2.54. The molecule has 1 aliphatic heterocycles. The van der Waals surface area contributed by atoms with Crippen LogP contribution in [0.1, 0.15) is 12.8 Å². The Balaban J connectivity index is 1.55. The average molecular weight is 268 g/mol. The van der Waals surface area contributed by atoms with E-state index in [1.54, 1.807) is 0 Å². The van der Waals surface area contributed by atoms with E-state index in [1.807, 2.05) is 18.2 Å². The summed E-state index contributed by atoms with van der Waals surface area (Å²) in [7, 11) is 0. The molecule has 1 aromatic carbocycles. The lowest BCUT2D eigenvalue weighted by atomic mass is 10.2. The van der Waals surface area contributed by atoms with Crippen LogP contribution in [0.5, 0.6) is 0 Å². The number of anilines is 1. The number of hydrogen-bond donors (Lipinski definition) is 2. The summed E-state index contributed by atoms with van der Waals surface area (Å²) < 4.78 is 0. The molecule has 18 heavy (non-hydrogen) atoms. The largest absolute Gasteiger partial charge is 0.385 e. The third-order valence-electron chi connectivity index (χ3n) is 3.26. The van der Waals surface area contributed by atoms with Crippen LogP contribution in [0.3, 0.4) is 0 Å². The second-order valence-corrected chi connectivity index (χ2v) is 5.17. The number of hydrogen-bond acceptors (Lipinski definition) is 3. The van der Waals surface area contributed by atoms with Crippen molar-refractivity contribution in [1.29, 1.82) is 0 Å². The van der Waals surface area contributed by atoms with Gasteiger partial charge in [0, 0.05) is 43.4 Å². The number of nitrogens with one attached hydrogen (secondary N) is 2. The molecule has 0 aliphatic carbocycles. The topological polar surface area (TPSA) is 27.3 Å². The fourth-order valence-electron chi connectivity index (χ4n) is 2.23. The molecule has 1 saturated heterocycles. The van der Waals surface area contributed by atoms with Crippen molar-refractivity contribution in [2.75, 3.05) is 44.6 Å². The van der Waals surface area contributed by atoms with Crippen molar-refractivity contribution in [3.63, 3.8) is 0 Å². The molecule has 100 valence electrons. The molecule has 0 aromatic heterocycles. The first kappa shape index (κ1) is 13.7. The van der Waals surface area contributed by atoms with Crippen molar-refractivity contribution in [3.8, 4) is 0 Å². The van der Waals surface area contributed by atoms with Gasteiger partial charge >= 0.3 is 0 Å². The van der Waals surface area contributed by atoms with E-state index in [-0.39, 0.29) is 0 Å². The summed E-state index contributed by atoms with van der Waals surface area (Å²) >= 11 is 5.93. The summed E-state index contributed by atoms with van der Waals surface area (Å²) in [5.41, 5.74) is 1.12. The van der Waals surface area contributed by atoms with E-state index in [2.05, 4.69) is 21.6 Å². The number of piperazine rings is 1. The zero-order valence-corrected chi connectivity index (χ0v) is 11.5. The van der Waals surface area contributed by atoms with Crippen molar-refractivity contribution in [2.45, 2.75) is 12.8 Å². The van der Waals surface area contributed by atoms with Crippen LogP contribution in [-0.4, -0.2) is 44.2 Å². The van der Waals surface area contributed by atoms with E-state index in [1.165, 1.54) is 32.5 Å². The van der Waals surface area contributed by atoms with Gasteiger partial charge < -0.3 is 15.5 Å². The van der Waals surface area contributed by atoms with Crippen LogP contribution in [0, 0.1) is 0 Å². The van der Waals surface area contributed by atoms with E-state index in [9.17, 15) is 0 Å². The molecule has 1 fully saturated rings. The van der Waals surface area contributed by atoms with Crippen molar-refractivity contribution in [1.82, 2.24) is 10.2 Å². The van der Waals surface area contributed by atoms with Gasteiger partial charge in [-0.15, -0.1) is 0 Å². The molecule has 1 aliphatic rings. The smallest absolute Gasteiger partial charge is 0.0426 e. The van der Waals surface area contributed by atoms with Crippen molar-refractivity contribution >= 4 is 17.3 Å². The molecule has 0 amide bonds. The SMILES string of the molecule is Clc1cccc(NCCCCN2CCNCC2)c1. The second-order valence-electron chi connectivity index (χ2n) is 4.74. The Bertz CT molecular complexity index is 351. The van der Waals surface area contributed by atoms with Gasteiger partial charge in [0.25, 0.3) is 0 Å². The summed E-state index contributed by atoms with van der Waals surface area (Å²) in [5, 5.41) is 7.58. The molecule has 0 saturated carbocycles. The van der Waals surface area contributed by atoms with Gasteiger partial charge in [-0.05, 0) is 37.6 Å². The van der Waals surface area contributed by atoms with Crippen molar-refractivity contribution in [2.24, 2.45) is 0 Å². The van der Waals surface area contributed by atoms with Crippen LogP contribution >= 0.6 is 11.6 Å². The standard InChI is InChI=1S/C14H22ClN3/c15-13-4-3-5-14(12-13)17-6-1-2-9-18-10-7-16-8-11-18/h3-5,12,16-17H,1-2,6-11H2. The fourth-order valence-corrected chi connectivity index (χ4v) is 2.42. The first-order chi connectivity index (χ1) is 8.84. The van der Waals surface area contributed by atoms with E-state index < -0.39 is 0 Å². The van der Waals surface area contributed by atoms with Crippen LogP contribution in [0.15, 0.2) is 24.3 Å². The van der Waals surface area contributed by atoms with Gasteiger partial charge in [0.2, 0.25) is 0 Å². The number of rotatable bonds is 6. The number of benzene rings is 1. The van der Waals surface area contributed by atoms with Gasteiger partial charge in [-0.2, -0.15) is 0 Å². The minimum absolute atomic E-state index is 0.792. The summed E-state index contributed by atoms with van der Waals surface area (Å²) in [6, 6.07) is 7.91. The molecule has 3 nitrogen and oxygen atoms in total. The monoisotopic (exact) mass is 267 g/mol. The summed E-state index contributed by atoms with van der Waals surface area (Å²) in [6.07, 6.45) is 2.46. The molecule has 4 heteroatoms. The molecule has 2 N–H and O–H groups in total. The highest BCUT2D eigenvalue weighted by Crippen LogP contribution is 2.14. The molecule has 1 heterocycles. The van der Waals surface area contributed by atoms with Gasteiger partial charge in [-0.1, -0.05) is 17.7 Å². The van der Waals surface area contributed by atoms with Gasteiger partial charge in [0.05, 0.1) is 0 Å². The highest BCUT2D eigenvalue weighted by Gasteiger charge is 2.07. The van der Waals surface area contributed by atoms with Gasteiger partial charge in [-0.3, -0.25) is 0 Å². The lowest BCUT2D eigenvalue weighted by molar-refractivity contribution is 0.237. The first-order valence-electron chi connectivity index (χ1n) is 6.77. The molecule has 0 radical (unpaired) electrons. The maximum atomic E-state index is 5.93. The fraction of sp³-hybridized carbons (Fsp3) is 0.571. The van der Waals surface area contributed by atoms with Crippen LogP contribution < -0.4 is 10.6 Å². The predicted octanol–water partition coefficient (Wildman–Crippen LogP) is 2.44. The molecular weight excluding hydrogens is 246 g/mol. The Hall–Kier alpha value is -0.770. The van der Waals surface area contributed by atoms with Gasteiger partial charge in [0.15, 0.2) is 0 Å². The molecule has 0 spiro atoms. The van der Waals surface area contributed by atoms with E-state index in [4.69, 9.17) is 11.6 Å². The number of nitrogens with zero attached hydrogens (tertiary/aromatic N) is 1. The molecular formula is C14H22ClN3. The quantitative estimate of drug-likeness (QED) is 0.776. The van der Waals surface area contributed by atoms with E-state index in [0.717, 1.165) is 30.3 Å². The Morgan fingerprint density at radius 3 is 2.83 bits per heavy atom. The van der Waals surface area contributed by atoms with Crippen LogP contribution in [-0.2, 0) is 0 Å². The maximum Gasteiger partial charge on any atom is 0.0426 e. The zero-order valence-electron chi connectivity index (χ0n) is 10.8. The van der Waals surface area contributed by atoms with Crippen LogP contribution in [0.2, 0.25) is 5.02 Å². The Labute approximate surface area is 115 Å². The lowest BCUT2D eigenvalue weighted by Gasteiger charge is -2.27. The molecule has 0 bridgehead atoms. The van der Waals surface area contributed by atoms with Crippen LogP contribution in [0.25, 0.3) is 0 Å². The lowest BCUT2D eigenvalue weighted by Crippen LogP contribution is -2.43. The molecule has 2 rings (SSSR count). The Kier molecular flexibility index (Phi) is 5.78. The molecule has 1 aromatic rings. The van der Waals surface area contributed by atoms with Crippen molar-refractivity contribution < 1.29 is 0 Å². The minimum Gasteiger partial charge on any atom is -0.385 e. The highest BCUT2D eigenvalue weighted by atomic mass is 35.5. The van der Waals surface area contributed by atoms with E-state index >= 15 is 0 Å². The van der Waals surface area contributed by atoms with E-state index in [0.29, 0.717) is 0 Å². The highest BCUT2D eigenvalue weighted by molar-refractivity contribution is 6.30. The second kappa shape index (κ2) is 7.62. The number of halogens is 1. The average Bonchev–Trinajstić information content (AvgIpc) is 2.40.